The highest BCUT2D eigenvalue weighted by Crippen LogP contribution is 2.22. The van der Waals surface area contributed by atoms with Gasteiger partial charge in [-0.1, -0.05) is 6.92 Å². The Morgan fingerprint density at radius 1 is 1.24 bits per heavy atom. The molecular weight excluding hydrogens is 316 g/mol. The maximum atomic E-state index is 12.7. The molecule has 1 unspecified atom stereocenters. The summed E-state index contributed by atoms with van der Waals surface area (Å²) >= 11 is 0. The molecular formula is C19H24N4O2. The second kappa shape index (κ2) is 7.96. The van der Waals surface area contributed by atoms with Crippen molar-refractivity contribution >= 4 is 17.4 Å². The zero-order valence-electron chi connectivity index (χ0n) is 14.7. The van der Waals surface area contributed by atoms with Crippen LogP contribution in [0.25, 0.3) is 0 Å². The molecule has 3 rings (SSSR count). The number of anilines is 2. The fourth-order valence-electron chi connectivity index (χ4n) is 3.16. The lowest BCUT2D eigenvalue weighted by Crippen LogP contribution is -2.43. The van der Waals surface area contributed by atoms with Crippen LogP contribution in [0, 0.1) is 0 Å². The first-order valence-corrected chi connectivity index (χ1v) is 8.75. The van der Waals surface area contributed by atoms with E-state index in [1.807, 2.05) is 29.2 Å². The Hall–Kier alpha value is -2.63. The Labute approximate surface area is 148 Å². The molecule has 6 nitrogen and oxygen atoms in total. The number of carbonyl (C=O) groups excluding carboxylic acids is 1. The molecule has 1 aromatic heterocycles. The topological polar surface area (TPSA) is 67.4 Å². The van der Waals surface area contributed by atoms with Crippen molar-refractivity contribution < 1.29 is 9.53 Å². The number of hydrogen-bond donors (Lipinski definition) is 1. The predicted octanol–water partition coefficient (Wildman–Crippen LogP) is 3.63. The van der Waals surface area contributed by atoms with Gasteiger partial charge in [-0.05, 0) is 49.9 Å². The molecule has 1 aliphatic rings. The van der Waals surface area contributed by atoms with Gasteiger partial charge >= 0.3 is 0 Å². The van der Waals surface area contributed by atoms with Crippen LogP contribution in [0.1, 0.15) is 43.1 Å². The lowest BCUT2D eigenvalue weighted by Gasteiger charge is -2.34. The van der Waals surface area contributed by atoms with Crippen molar-refractivity contribution in [2.45, 2.75) is 38.6 Å². The molecule has 2 heterocycles. The van der Waals surface area contributed by atoms with Crippen molar-refractivity contribution in [1.82, 2.24) is 14.9 Å². The van der Waals surface area contributed by atoms with E-state index < -0.39 is 0 Å². The molecule has 1 aromatic carbocycles. The van der Waals surface area contributed by atoms with Crippen LogP contribution < -0.4 is 10.1 Å². The van der Waals surface area contributed by atoms with Crippen molar-refractivity contribution in [1.29, 1.82) is 0 Å². The summed E-state index contributed by atoms with van der Waals surface area (Å²) in [5.41, 5.74) is 1.29. The van der Waals surface area contributed by atoms with Crippen LogP contribution in [0.15, 0.2) is 36.7 Å². The number of amides is 1. The van der Waals surface area contributed by atoms with Crippen LogP contribution in [0.2, 0.25) is 0 Å². The van der Waals surface area contributed by atoms with Gasteiger partial charge in [0.25, 0.3) is 5.91 Å². The average Bonchev–Trinajstić information content (AvgIpc) is 2.68. The molecule has 2 aromatic rings. The van der Waals surface area contributed by atoms with E-state index >= 15 is 0 Å². The third-order valence-electron chi connectivity index (χ3n) is 4.59. The second-order valence-electron chi connectivity index (χ2n) is 6.20. The smallest absolute Gasteiger partial charge is 0.274 e. The number of ether oxygens (including phenoxy) is 1. The van der Waals surface area contributed by atoms with Crippen molar-refractivity contribution in [2.75, 3.05) is 19.0 Å². The van der Waals surface area contributed by atoms with Gasteiger partial charge in [0.1, 0.15) is 17.3 Å². The van der Waals surface area contributed by atoms with E-state index in [9.17, 15) is 4.79 Å². The molecule has 0 saturated carbocycles. The third kappa shape index (κ3) is 4.07. The zero-order valence-corrected chi connectivity index (χ0v) is 14.7. The molecule has 0 spiro atoms. The van der Waals surface area contributed by atoms with Gasteiger partial charge in [-0.15, -0.1) is 0 Å². The first-order valence-electron chi connectivity index (χ1n) is 8.75. The number of methoxy groups -OCH3 is 1. The Morgan fingerprint density at radius 2 is 2.04 bits per heavy atom. The fraction of sp³-hybridized carbons (Fsp3) is 0.421. The van der Waals surface area contributed by atoms with E-state index in [4.69, 9.17) is 4.74 Å². The van der Waals surface area contributed by atoms with Gasteiger partial charge in [-0.25, -0.2) is 9.97 Å². The molecule has 1 atom stereocenters. The normalized spacial score (nSPS) is 17.2. The maximum absolute atomic E-state index is 12.7. The first kappa shape index (κ1) is 17.2. The SMILES string of the molecule is CCC1CCCCN1C(=O)c1cnc(Nc2ccc(OC)cc2)cn1. The molecule has 132 valence electrons. The molecule has 25 heavy (non-hydrogen) atoms. The van der Waals surface area contributed by atoms with Gasteiger partial charge in [0.2, 0.25) is 0 Å². The Kier molecular flexibility index (Phi) is 5.48. The van der Waals surface area contributed by atoms with Gasteiger partial charge in [-0.2, -0.15) is 0 Å². The van der Waals surface area contributed by atoms with E-state index in [1.54, 1.807) is 19.5 Å². The summed E-state index contributed by atoms with van der Waals surface area (Å²) in [5.74, 6) is 1.38. The molecule has 1 fully saturated rings. The van der Waals surface area contributed by atoms with E-state index in [0.717, 1.165) is 37.2 Å². The number of benzene rings is 1. The van der Waals surface area contributed by atoms with E-state index in [-0.39, 0.29) is 5.91 Å². The quantitative estimate of drug-likeness (QED) is 0.900. The third-order valence-corrected chi connectivity index (χ3v) is 4.59. The number of carbonyl (C=O) groups is 1. The van der Waals surface area contributed by atoms with Crippen LogP contribution in [0.5, 0.6) is 5.75 Å². The number of aromatic nitrogens is 2. The van der Waals surface area contributed by atoms with Crippen LogP contribution in [-0.4, -0.2) is 40.5 Å². The van der Waals surface area contributed by atoms with Crippen LogP contribution in [0.4, 0.5) is 11.5 Å². The minimum Gasteiger partial charge on any atom is -0.497 e. The molecule has 1 N–H and O–H groups in total. The maximum Gasteiger partial charge on any atom is 0.274 e. The van der Waals surface area contributed by atoms with Gasteiger partial charge in [-0.3, -0.25) is 4.79 Å². The summed E-state index contributed by atoms with van der Waals surface area (Å²) < 4.78 is 5.14. The Morgan fingerprint density at radius 3 is 2.68 bits per heavy atom. The minimum atomic E-state index is -0.0185. The van der Waals surface area contributed by atoms with E-state index in [2.05, 4.69) is 22.2 Å². The highest BCUT2D eigenvalue weighted by Gasteiger charge is 2.27. The molecule has 6 heteroatoms. The summed E-state index contributed by atoms with van der Waals surface area (Å²) in [6.45, 7) is 2.94. The van der Waals surface area contributed by atoms with E-state index in [1.165, 1.54) is 6.42 Å². The number of piperidine rings is 1. The van der Waals surface area contributed by atoms with Crippen molar-refractivity contribution in [3.63, 3.8) is 0 Å². The predicted molar refractivity (Wildman–Crippen MR) is 97.3 cm³/mol. The van der Waals surface area contributed by atoms with Gasteiger partial charge in [0.05, 0.1) is 19.5 Å². The van der Waals surface area contributed by atoms with Gasteiger partial charge in [0, 0.05) is 18.3 Å². The molecule has 1 aliphatic heterocycles. The van der Waals surface area contributed by atoms with Gasteiger partial charge < -0.3 is 15.0 Å². The molecule has 0 radical (unpaired) electrons. The van der Waals surface area contributed by atoms with Crippen molar-refractivity contribution in [3.8, 4) is 5.75 Å². The first-order chi connectivity index (χ1) is 12.2. The molecule has 1 saturated heterocycles. The number of likely N-dealkylation sites (tertiary alicyclic amines) is 1. The average molecular weight is 340 g/mol. The van der Waals surface area contributed by atoms with Crippen LogP contribution in [-0.2, 0) is 0 Å². The zero-order chi connectivity index (χ0) is 17.6. The Bertz CT molecular complexity index is 700. The van der Waals surface area contributed by atoms with Crippen molar-refractivity contribution in [3.05, 3.63) is 42.4 Å². The number of hydrogen-bond acceptors (Lipinski definition) is 5. The van der Waals surface area contributed by atoms with E-state index in [0.29, 0.717) is 17.6 Å². The summed E-state index contributed by atoms with van der Waals surface area (Å²) in [6, 6.07) is 7.86. The number of rotatable bonds is 5. The highest BCUT2D eigenvalue weighted by atomic mass is 16.5. The lowest BCUT2D eigenvalue weighted by molar-refractivity contribution is 0.0601. The van der Waals surface area contributed by atoms with Crippen LogP contribution >= 0.6 is 0 Å². The molecule has 1 amide bonds. The Balaban J connectivity index is 1.67. The summed E-state index contributed by atoms with van der Waals surface area (Å²) in [6.07, 6.45) is 7.46. The van der Waals surface area contributed by atoms with Crippen LogP contribution in [0.3, 0.4) is 0 Å². The molecule has 0 bridgehead atoms. The second-order valence-corrected chi connectivity index (χ2v) is 6.20. The van der Waals surface area contributed by atoms with Crippen molar-refractivity contribution in [2.24, 2.45) is 0 Å². The van der Waals surface area contributed by atoms with Gasteiger partial charge in [0.15, 0.2) is 0 Å². The monoisotopic (exact) mass is 340 g/mol. The highest BCUT2D eigenvalue weighted by molar-refractivity contribution is 5.92. The summed E-state index contributed by atoms with van der Waals surface area (Å²) in [7, 11) is 1.63. The largest absolute Gasteiger partial charge is 0.497 e. The standard InChI is InChI=1S/C19H24N4O2/c1-3-15-6-4-5-11-23(15)19(24)17-12-21-18(13-20-17)22-14-7-9-16(25-2)10-8-14/h7-10,12-13,15H,3-6,11H2,1-2H3,(H,21,22). The fourth-order valence-corrected chi connectivity index (χ4v) is 3.16. The summed E-state index contributed by atoms with van der Waals surface area (Å²) in [5, 5.41) is 3.17. The minimum absolute atomic E-state index is 0.0185. The number of nitrogens with zero attached hydrogens (tertiary/aromatic N) is 3. The lowest BCUT2D eigenvalue weighted by atomic mass is 10.00. The molecule has 0 aliphatic carbocycles. The number of nitrogens with one attached hydrogen (secondary N) is 1. The summed E-state index contributed by atoms with van der Waals surface area (Å²) in [4.78, 5) is 23.3.